The molecule has 0 aliphatic heterocycles. The van der Waals surface area contributed by atoms with Crippen molar-refractivity contribution in [3.8, 4) is 0 Å². The number of nitrogens with one attached hydrogen (secondary N) is 1. The summed E-state index contributed by atoms with van der Waals surface area (Å²) in [6.45, 7) is 1.82. The van der Waals surface area contributed by atoms with Gasteiger partial charge in [-0.3, -0.25) is 9.71 Å². The van der Waals surface area contributed by atoms with Gasteiger partial charge < -0.3 is 5.73 Å². The van der Waals surface area contributed by atoms with Crippen LogP contribution in [0.2, 0.25) is 0 Å². The molecule has 1 rings (SSSR count). The SMILES string of the molecule is CCCS(=O)(=O)N(C)c1cccc(C(=N)N)c1. The van der Waals surface area contributed by atoms with Crippen molar-refractivity contribution in [1.82, 2.24) is 0 Å². The van der Waals surface area contributed by atoms with Gasteiger partial charge in [0.25, 0.3) is 0 Å². The summed E-state index contributed by atoms with van der Waals surface area (Å²) in [5.74, 6) is 0.0292. The fourth-order valence-electron chi connectivity index (χ4n) is 1.42. The number of benzene rings is 1. The molecular formula is C11H17N3O2S. The molecule has 6 heteroatoms. The van der Waals surface area contributed by atoms with Crippen molar-refractivity contribution in [3.05, 3.63) is 29.8 Å². The summed E-state index contributed by atoms with van der Waals surface area (Å²) in [4.78, 5) is 0. The Kier molecular flexibility index (Phi) is 4.11. The number of sulfonamides is 1. The topological polar surface area (TPSA) is 87.2 Å². The molecule has 1 aromatic rings. The van der Waals surface area contributed by atoms with E-state index >= 15 is 0 Å². The molecule has 1 aromatic carbocycles. The first-order valence-electron chi connectivity index (χ1n) is 5.29. The van der Waals surface area contributed by atoms with E-state index in [1.807, 2.05) is 6.92 Å². The Morgan fingerprint density at radius 3 is 2.65 bits per heavy atom. The smallest absolute Gasteiger partial charge is 0.234 e. The fourth-order valence-corrected chi connectivity index (χ4v) is 2.65. The first-order valence-corrected chi connectivity index (χ1v) is 6.90. The van der Waals surface area contributed by atoms with Crippen molar-refractivity contribution < 1.29 is 8.42 Å². The molecule has 0 aliphatic rings. The van der Waals surface area contributed by atoms with Gasteiger partial charge in [-0.15, -0.1) is 0 Å². The van der Waals surface area contributed by atoms with E-state index in [1.54, 1.807) is 24.3 Å². The zero-order valence-corrected chi connectivity index (χ0v) is 10.8. The van der Waals surface area contributed by atoms with Crippen LogP contribution in [0.5, 0.6) is 0 Å². The van der Waals surface area contributed by atoms with Crippen LogP contribution in [0.4, 0.5) is 5.69 Å². The predicted molar refractivity (Wildman–Crippen MR) is 69.9 cm³/mol. The maximum atomic E-state index is 11.9. The maximum absolute atomic E-state index is 11.9. The lowest BCUT2D eigenvalue weighted by Crippen LogP contribution is -2.29. The normalized spacial score (nSPS) is 11.2. The molecule has 0 saturated carbocycles. The van der Waals surface area contributed by atoms with Crippen LogP contribution in [-0.2, 0) is 10.0 Å². The van der Waals surface area contributed by atoms with Gasteiger partial charge in [-0.25, -0.2) is 8.42 Å². The Bertz CT molecular complexity index is 511. The number of nitrogens with zero attached hydrogens (tertiary/aromatic N) is 1. The van der Waals surface area contributed by atoms with Gasteiger partial charge in [0.05, 0.1) is 11.4 Å². The highest BCUT2D eigenvalue weighted by Gasteiger charge is 2.17. The second-order valence-electron chi connectivity index (χ2n) is 3.75. The lowest BCUT2D eigenvalue weighted by molar-refractivity contribution is 0.593. The third kappa shape index (κ3) is 3.20. The third-order valence-corrected chi connectivity index (χ3v) is 4.37. The van der Waals surface area contributed by atoms with Gasteiger partial charge in [-0.1, -0.05) is 19.1 Å². The van der Waals surface area contributed by atoms with Gasteiger partial charge in [0.15, 0.2) is 0 Å². The predicted octanol–water partition coefficient (Wildman–Crippen LogP) is 1.15. The van der Waals surface area contributed by atoms with Crippen molar-refractivity contribution in [2.75, 3.05) is 17.1 Å². The quantitative estimate of drug-likeness (QED) is 0.611. The van der Waals surface area contributed by atoms with Crippen LogP contribution in [0.15, 0.2) is 24.3 Å². The second kappa shape index (κ2) is 5.18. The first kappa shape index (κ1) is 13.5. The number of nitrogens with two attached hydrogens (primary N) is 1. The van der Waals surface area contributed by atoms with Gasteiger partial charge in [0.1, 0.15) is 5.84 Å². The first-order chi connectivity index (χ1) is 7.88. The zero-order valence-electron chi connectivity index (χ0n) is 9.97. The molecule has 0 radical (unpaired) electrons. The number of anilines is 1. The van der Waals surface area contributed by atoms with E-state index < -0.39 is 10.0 Å². The number of rotatable bonds is 5. The minimum atomic E-state index is -3.28. The van der Waals surface area contributed by atoms with Crippen LogP contribution < -0.4 is 10.0 Å². The average Bonchev–Trinajstić information content (AvgIpc) is 2.28. The average molecular weight is 255 g/mol. The third-order valence-electron chi connectivity index (χ3n) is 2.40. The largest absolute Gasteiger partial charge is 0.384 e. The van der Waals surface area contributed by atoms with Crippen LogP contribution in [0, 0.1) is 5.41 Å². The van der Waals surface area contributed by atoms with Crippen molar-refractivity contribution in [1.29, 1.82) is 5.41 Å². The van der Waals surface area contributed by atoms with E-state index in [-0.39, 0.29) is 11.6 Å². The van der Waals surface area contributed by atoms with Gasteiger partial charge >= 0.3 is 0 Å². The maximum Gasteiger partial charge on any atom is 0.234 e. The van der Waals surface area contributed by atoms with Gasteiger partial charge in [-0.2, -0.15) is 0 Å². The van der Waals surface area contributed by atoms with Crippen LogP contribution in [0.3, 0.4) is 0 Å². The summed E-state index contributed by atoms with van der Waals surface area (Å²) >= 11 is 0. The summed E-state index contributed by atoms with van der Waals surface area (Å²) in [6, 6.07) is 6.63. The number of nitrogen functional groups attached to an aromatic ring is 1. The summed E-state index contributed by atoms with van der Waals surface area (Å²) in [5, 5.41) is 7.32. The lowest BCUT2D eigenvalue weighted by Gasteiger charge is -2.19. The molecule has 94 valence electrons. The Morgan fingerprint density at radius 2 is 2.12 bits per heavy atom. The van der Waals surface area contributed by atoms with Crippen LogP contribution in [0.1, 0.15) is 18.9 Å². The molecule has 0 atom stereocenters. The minimum absolute atomic E-state index is 0.0758. The van der Waals surface area contributed by atoms with Crippen molar-refractivity contribution in [2.45, 2.75) is 13.3 Å². The van der Waals surface area contributed by atoms with Gasteiger partial charge in [-0.05, 0) is 18.6 Å². The highest BCUT2D eigenvalue weighted by atomic mass is 32.2. The van der Waals surface area contributed by atoms with E-state index in [0.717, 1.165) is 0 Å². The molecule has 0 bridgehead atoms. The van der Waals surface area contributed by atoms with Crippen LogP contribution >= 0.6 is 0 Å². The van der Waals surface area contributed by atoms with E-state index in [2.05, 4.69) is 0 Å². The zero-order chi connectivity index (χ0) is 13.1. The standard InChI is InChI=1S/C11H17N3O2S/c1-3-7-17(15,16)14(2)10-6-4-5-9(8-10)11(12)13/h4-6,8H,3,7H2,1-2H3,(H3,12,13). The molecule has 0 heterocycles. The van der Waals surface area contributed by atoms with E-state index in [1.165, 1.54) is 11.4 Å². The van der Waals surface area contributed by atoms with Gasteiger partial charge in [0.2, 0.25) is 10.0 Å². The fraction of sp³-hybridized carbons (Fsp3) is 0.364. The van der Waals surface area contributed by atoms with Crippen LogP contribution in [0.25, 0.3) is 0 Å². The molecule has 0 fully saturated rings. The lowest BCUT2D eigenvalue weighted by atomic mass is 10.2. The molecule has 0 saturated heterocycles. The van der Waals surface area contributed by atoms with Crippen LogP contribution in [-0.4, -0.2) is 27.1 Å². The second-order valence-corrected chi connectivity index (χ2v) is 5.87. The summed E-state index contributed by atoms with van der Waals surface area (Å²) in [6.07, 6.45) is 0.569. The van der Waals surface area contributed by atoms with E-state index in [4.69, 9.17) is 11.1 Å². The molecule has 0 aliphatic carbocycles. The van der Waals surface area contributed by atoms with E-state index in [9.17, 15) is 8.42 Å². The van der Waals surface area contributed by atoms with E-state index in [0.29, 0.717) is 17.7 Å². The molecular weight excluding hydrogens is 238 g/mol. The highest BCUT2D eigenvalue weighted by Crippen LogP contribution is 2.18. The van der Waals surface area contributed by atoms with Crippen molar-refractivity contribution in [2.24, 2.45) is 5.73 Å². The monoisotopic (exact) mass is 255 g/mol. The molecule has 0 amide bonds. The van der Waals surface area contributed by atoms with Gasteiger partial charge in [0, 0.05) is 12.6 Å². The Balaban J connectivity index is 3.08. The summed E-state index contributed by atoms with van der Waals surface area (Å²) < 4.78 is 24.9. The van der Waals surface area contributed by atoms with Crippen molar-refractivity contribution in [3.63, 3.8) is 0 Å². The summed E-state index contributed by atoms with van der Waals surface area (Å²) in [5.41, 5.74) is 6.40. The molecule has 0 spiro atoms. The summed E-state index contributed by atoms with van der Waals surface area (Å²) in [7, 11) is -1.78. The number of hydrogen-bond acceptors (Lipinski definition) is 3. The number of hydrogen-bond donors (Lipinski definition) is 2. The van der Waals surface area contributed by atoms with Crippen molar-refractivity contribution >= 4 is 21.5 Å². The molecule has 5 nitrogen and oxygen atoms in total. The Morgan fingerprint density at radius 1 is 1.47 bits per heavy atom. The molecule has 3 N–H and O–H groups in total. The Hall–Kier alpha value is -1.56. The highest BCUT2D eigenvalue weighted by molar-refractivity contribution is 7.92. The minimum Gasteiger partial charge on any atom is -0.384 e. The number of amidine groups is 1. The molecule has 0 aromatic heterocycles. The molecule has 17 heavy (non-hydrogen) atoms. The molecule has 0 unspecified atom stereocenters. The Labute approximate surface area is 102 Å².